The number of anilines is 1. The zero-order chi connectivity index (χ0) is 13.5. The van der Waals surface area contributed by atoms with Crippen molar-refractivity contribution < 1.29 is 0 Å². The molecule has 0 aliphatic rings. The molecule has 4 heteroatoms. The standard InChI is InChI=1S/C15H18N4/c1-12(13-8-4-2-5-9-13)17-15(19-16)18-14-10-6-3-7-11-14/h2-12H,16H2,1H3,(H2,17,18,19). The van der Waals surface area contributed by atoms with Gasteiger partial charge in [-0.1, -0.05) is 48.5 Å². The Morgan fingerprint density at radius 3 is 2.16 bits per heavy atom. The summed E-state index contributed by atoms with van der Waals surface area (Å²) in [7, 11) is 0. The van der Waals surface area contributed by atoms with Gasteiger partial charge in [-0.05, 0) is 24.6 Å². The largest absolute Gasteiger partial charge is 0.325 e. The normalized spacial score (nSPS) is 12.8. The van der Waals surface area contributed by atoms with Gasteiger partial charge in [-0.25, -0.2) is 10.8 Å². The maximum atomic E-state index is 5.50. The summed E-state index contributed by atoms with van der Waals surface area (Å²) >= 11 is 0. The Morgan fingerprint density at radius 2 is 1.58 bits per heavy atom. The quantitative estimate of drug-likeness (QED) is 0.341. The number of nitrogens with two attached hydrogens (primary N) is 1. The maximum Gasteiger partial charge on any atom is 0.210 e. The zero-order valence-corrected chi connectivity index (χ0v) is 10.9. The van der Waals surface area contributed by atoms with Gasteiger partial charge in [0, 0.05) is 5.69 Å². The van der Waals surface area contributed by atoms with Crippen LogP contribution in [0.3, 0.4) is 0 Å². The molecule has 0 saturated carbocycles. The van der Waals surface area contributed by atoms with E-state index >= 15 is 0 Å². The van der Waals surface area contributed by atoms with Crippen molar-refractivity contribution in [2.45, 2.75) is 13.0 Å². The van der Waals surface area contributed by atoms with Gasteiger partial charge in [0.1, 0.15) is 0 Å². The Morgan fingerprint density at radius 1 is 1.00 bits per heavy atom. The summed E-state index contributed by atoms with van der Waals surface area (Å²) in [4.78, 5) is 4.53. The van der Waals surface area contributed by atoms with Crippen LogP contribution in [-0.2, 0) is 0 Å². The molecule has 0 radical (unpaired) electrons. The van der Waals surface area contributed by atoms with Crippen LogP contribution in [0.4, 0.5) is 5.69 Å². The fourth-order valence-corrected chi connectivity index (χ4v) is 1.76. The number of hydrogen-bond donors (Lipinski definition) is 3. The molecule has 0 aliphatic heterocycles. The van der Waals surface area contributed by atoms with Crippen molar-refractivity contribution in [2.24, 2.45) is 10.8 Å². The predicted molar refractivity (Wildman–Crippen MR) is 79.7 cm³/mol. The number of nitrogens with one attached hydrogen (secondary N) is 2. The molecule has 0 fully saturated rings. The smallest absolute Gasteiger partial charge is 0.210 e. The Labute approximate surface area is 113 Å². The molecule has 2 aromatic carbocycles. The van der Waals surface area contributed by atoms with E-state index in [0.29, 0.717) is 5.96 Å². The van der Waals surface area contributed by atoms with Gasteiger partial charge in [-0.15, -0.1) is 0 Å². The highest BCUT2D eigenvalue weighted by Gasteiger charge is 2.05. The fourth-order valence-electron chi connectivity index (χ4n) is 1.76. The SMILES string of the molecule is CC(N=C(NN)Nc1ccccc1)c1ccccc1. The molecule has 19 heavy (non-hydrogen) atoms. The highest BCUT2D eigenvalue weighted by Crippen LogP contribution is 2.16. The van der Waals surface area contributed by atoms with E-state index in [2.05, 4.69) is 15.7 Å². The van der Waals surface area contributed by atoms with E-state index in [-0.39, 0.29) is 6.04 Å². The van der Waals surface area contributed by atoms with Crippen LogP contribution >= 0.6 is 0 Å². The lowest BCUT2D eigenvalue weighted by atomic mass is 10.1. The molecule has 1 atom stereocenters. The van der Waals surface area contributed by atoms with Crippen LogP contribution in [0.5, 0.6) is 0 Å². The number of aliphatic imine (C=N–C) groups is 1. The molecule has 2 aromatic rings. The molecule has 1 unspecified atom stereocenters. The third-order valence-corrected chi connectivity index (χ3v) is 2.78. The molecule has 0 aliphatic carbocycles. The molecule has 0 heterocycles. The second-order valence-corrected chi connectivity index (χ2v) is 4.20. The molecule has 2 rings (SSSR count). The first-order valence-corrected chi connectivity index (χ1v) is 6.21. The molecular weight excluding hydrogens is 236 g/mol. The minimum atomic E-state index is 0.0310. The van der Waals surface area contributed by atoms with Crippen LogP contribution in [0.2, 0.25) is 0 Å². The minimum Gasteiger partial charge on any atom is -0.325 e. The number of benzene rings is 2. The van der Waals surface area contributed by atoms with Crippen molar-refractivity contribution in [1.29, 1.82) is 0 Å². The summed E-state index contributed by atoms with van der Waals surface area (Å²) < 4.78 is 0. The van der Waals surface area contributed by atoms with Crippen LogP contribution in [0.15, 0.2) is 65.7 Å². The molecule has 4 N–H and O–H groups in total. The average molecular weight is 254 g/mol. The van der Waals surface area contributed by atoms with Gasteiger partial charge in [0.15, 0.2) is 0 Å². The zero-order valence-electron chi connectivity index (χ0n) is 10.9. The number of guanidine groups is 1. The van der Waals surface area contributed by atoms with E-state index in [1.807, 2.05) is 67.6 Å². The van der Waals surface area contributed by atoms with Gasteiger partial charge in [0.25, 0.3) is 0 Å². The lowest BCUT2D eigenvalue weighted by Crippen LogP contribution is -2.36. The van der Waals surface area contributed by atoms with E-state index in [0.717, 1.165) is 11.3 Å². The molecule has 4 nitrogen and oxygen atoms in total. The number of hydrazine groups is 1. The molecule has 98 valence electrons. The third kappa shape index (κ3) is 3.82. The molecule has 0 spiro atoms. The van der Waals surface area contributed by atoms with E-state index in [4.69, 9.17) is 5.84 Å². The van der Waals surface area contributed by atoms with E-state index in [1.165, 1.54) is 0 Å². The van der Waals surface area contributed by atoms with E-state index < -0.39 is 0 Å². The van der Waals surface area contributed by atoms with Crippen LogP contribution in [-0.4, -0.2) is 5.96 Å². The molecule has 0 amide bonds. The summed E-state index contributed by atoms with van der Waals surface area (Å²) in [5, 5.41) is 3.14. The number of rotatable bonds is 3. The predicted octanol–water partition coefficient (Wildman–Crippen LogP) is 2.68. The van der Waals surface area contributed by atoms with Crippen molar-refractivity contribution >= 4 is 11.6 Å². The number of para-hydroxylation sites is 1. The monoisotopic (exact) mass is 254 g/mol. The van der Waals surface area contributed by atoms with Gasteiger partial charge in [0.2, 0.25) is 5.96 Å². The maximum absolute atomic E-state index is 5.50. The Bertz CT molecular complexity index is 522. The lowest BCUT2D eigenvalue weighted by molar-refractivity contribution is 0.804. The van der Waals surface area contributed by atoms with Crippen LogP contribution < -0.4 is 16.6 Å². The summed E-state index contributed by atoms with van der Waals surface area (Å²) in [5.41, 5.74) is 4.68. The van der Waals surface area contributed by atoms with Crippen LogP contribution in [0.1, 0.15) is 18.5 Å². The van der Waals surface area contributed by atoms with Crippen LogP contribution in [0.25, 0.3) is 0 Å². The average Bonchev–Trinajstić information content (AvgIpc) is 2.48. The summed E-state index contributed by atoms with van der Waals surface area (Å²) in [6.45, 7) is 2.03. The number of hydrogen-bond acceptors (Lipinski definition) is 2. The second kappa shape index (κ2) is 6.56. The first kappa shape index (κ1) is 13.1. The van der Waals surface area contributed by atoms with Crippen molar-refractivity contribution in [3.8, 4) is 0 Å². The summed E-state index contributed by atoms with van der Waals surface area (Å²) in [5.74, 6) is 6.05. The van der Waals surface area contributed by atoms with Crippen molar-refractivity contribution in [3.05, 3.63) is 66.2 Å². The summed E-state index contributed by atoms with van der Waals surface area (Å²) in [6, 6.07) is 19.9. The van der Waals surface area contributed by atoms with Gasteiger partial charge in [0.05, 0.1) is 6.04 Å². The van der Waals surface area contributed by atoms with Crippen molar-refractivity contribution in [3.63, 3.8) is 0 Å². The highest BCUT2D eigenvalue weighted by atomic mass is 15.3. The topological polar surface area (TPSA) is 62.4 Å². The molecule has 0 bridgehead atoms. The second-order valence-electron chi connectivity index (χ2n) is 4.20. The third-order valence-electron chi connectivity index (χ3n) is 2.78. The lowest BCUT2D eigenvalue weighted by Gasteiger charge is -2.12. The Hall–Kier alpha value is -2.33. The Balaban J connectivity index is 2.11. The summed E-state index contributed by atoms with van der Waals surface area (Å²) in [6.07, 6.45) is 0. The first-order valence-electron chi connectivity index (χ1n) is 6.21. The van der Waals surface area contributed by atoms with Crippen molar-refractivity contribution in [2.75, 3.05) is 5.32 Å². The van der Waals surface area contributed by atoms with E-state index in [1.54, 1.807) is 0 Å². The molecular formula is C15H18N4. The van der Waals surface area contributed by atoms with Gasteiger partial charge in [-0.3, -0.25) is 5.43 Å². The Kier molecular flexibility index (Phi) is 4.53. The minimum absolute atomic E-state index is 0.0310. The number of nitrogens with zero attached hydrogens (tertiary/aromatic N) is 1. The van der Waals surface area contributed by atoms with E-state index in [9.17, 15) is 0 Å². The van der Waals surface area contributed by atoms with Crippen LogP contribution in [0, 0.1) is 0 Å². The molecule has 0 saturated heterocycles. The first-order chi connectivity index (χ1) is 9.29. The van der Waals surface area contributed by atoms with Gasteiger partial charge in [-0.2, -0.15) is 0 Å². The van der Waals surface area contributed by atoms with Crippen molar-refractivity contribution in [1.82, 2.24) is 5.43 Å². The molecule has 0 aromatic heterocycles. The highest BCUT2D eigenvalue weighted by molar-refractivity contribution is 5.93. The fraction of sp³-hybridized carbons (Fsp3) is 0.133. The van der Waals surface area contributed by atoms with Gasteiger partial charge >= 0.3 is 0 Å². The van der Waals surface area contributed by atoms with Gasteiger partial charge < -0.3 is 5.32 Å².